The van der Waals surface area contributed by atoms with Gasteiger partial charge in [-0.2, -0.15) is 0 Å². The van der Waals surface area contributed by atoms with E-state index in [-0.39, 0.29) is 5.91 Å². The number of amides is 1. The Morgan fingerprint density at radius 3 is 2.79 bits per heavy atom. The summed E-state index contributed by atoms with van der Waals surface area (Å²) in [6.45, 7) is 2.09. The lowest BCUT2D eigenvalue weighted by atomic mass is 9.97. The minimum Gasteiger partial charge on any atom is -0.478 e. The fourth-order valence-corrected chi connectivity index (χ4v) is 3.11. The van der Waals surface area contributed by atoms with E-state index in [2.05, 4.69) is 10.2 Å². The van der Waals surface area contributed by atoms with Crippen molar-refractivity contribution in [2.24, 2.45) is 5.92 Å². The molecule has 126 valence electrons. The van der Waals surface area contributed by atoms with Crippen molar-refractivity contribution < 1.29 is 14.7 Å². The highest BCUT2D eigenvalue weighted by Crippen LogP contribution is 2.22. The van der Waals surface area contributed by atoms with Crippen molar-refractivity contribution in [3.8, 4) is 0 Å². The van der Waals surface area contributed by atoms with E-state index in [1.807, 2.05) is 11.0 Å². The molecule has 1 aromatic heterocycles. The van der Waals surface area contributed by atoms with Gasteiger partial charge in [0.15, 0.2) is 0 Å². The van der Waals surface area contributed by atoms with Crippen molar-refractivity contribution in [3.63, 3.8) is 0 Å². The number of benzene rings is 1. The van der Waals surface area contributed by atoms with Crippen LogP contribution < -0.4 is 0 Å². The summed E-state index contributed by atoms with van der Waals surface area (Å²) in [7, 11) is 0. The Morgan fingerprint density at radius 2 is 2.04 bits per heavy atom. The predicted molar refractivity (Wildman–Crippen MR) is 86.4 cm³/mol. The molecule has 1 atom stereocenters. The van der Waals surface area contributed by atoms with E-state index < -0.39 is 5.97 Å². The van der Waals surface area contributed by atoms with Crippen LogP contribution in [-0.2, 0) is 17.8 Å². The number of aryl methyl sites for hydroxylation is 1. The highest BCUT2D eigenvalue weighted by molar-refractivity contribution is 5.87. The van der Waals surface area contributed by atoms with Gasteiger partial charge in [0.1, 0.15) is 12.7 Å². The molecule has 0 aliphatic carbocycles. The van der Waals surface area contributed by atoms with E-state index in [1.165, 1.54) is 0 Å². The second-order valence-electron chi connectivity index (χ2n) is 6.15. The van der Waals surface area contributed by atoms with Crippen LogP contribution in [0.25, 0.3) is 0 Å². The van der Waals surface area contributed by atoms with Crippen molar-refractivity contribution in [2.45, 2.75) is 25.8 Å². The molecular weight excluding hydrogens is 308 g/mol. The van der Waals surface area contributed by atoms with Gasteiger partial charge in [-0.25, -0.2) is 4.79 Å². The molecule has 1 saturated heterocycles. The molecule has 2 aromatic rings. The number of hydrogen-bond donors (Lipinski definition) is 1. The van der Waals surface area contributed by atoms with Crippen LogP contribution in [0, 0.1) is 5.92 Å². The van der Waals surface area contributed by atoms with Crippen LogP contribution in [0.2, 0.25) is 0 Å². The molecule has 0 saturated carbocycles. The first-order valence-electron chi connectivity index (χ1n) is 8.04. The fourth-order valence-electron chi connectivity index (χ4n) is 3.11. The lowest BCUT2D eigenvalue weighted by molar-refractivity contribution is -0.130. The zero-order chi connectivity index (χ0) is 16.9. The molecule has 0 bridgehead atoms. The van der Waals surface area contributed by atoms with Gasteiger partial charge >= 0.3 is 5.97 Å². The number of carboxylic acid groups (broad SMARTS) is 1. The maximum Gasteiger partial charge on any atom is 0.335 e. The minimum atomic E-state index is -0.908. The third-order valence-corrected chi connectivity index (χ3v) is 4.39. The van der Waals surface area contributed by atoms with Crippen LogP contribution in [-0.4, -0.2) is 49.7 Å². The number of carbonyl (C=O) groups is 2. The molecule has 7 heteroatoms. The van der Waals surface area contributed by atoms with E-state index >= 15 is 0 Å². The van der Waals surface area contributed by atoms with Crippen molar-refractivity contribution in [1.29, 1.82) is 0 Å². The number of nitrogens with zero attached hydrogens (tertiary/aromatic N) is 4. The largest absolute Gasteiger partial charge is 0.478 e. The summed E-state index contributed by atoms with van der Waals surface area (Å²) >= 11 is 0. The van der Waals surface area contributed by atoms with Crippen molar-refractivity contribution in [1.82, 2.24) is 19.7 Å². The molecule has 0 unspecified atom stereocenters. The third-order valence-electron chi connectivity index (χ3n) is 4.39. The predicted octanol–water partition coefficient (Wildman–Crippen LogP) is 1.46. The number of rotatable bonds is 6. The standard InChI is InChI=1S/C17H20N4O3/c22-16(5-6-20-11-18-19-12-20)21-7-4-14(10-21)8-13-2-1-3-15(9-13)17(23)24/h1-3,9,11-12,14H,4-8,10H2,(H,23,24)/t14-/m0/s1. The van der Waals surface area contributed by atoms with Gasteiger partial charge in [0.05, 0.1) is 5.56 Å². The Labute approximate surface area is 139 Å². The first kappa shape index (κ1) is 16.2. The van der Waals surface area contributed by atoms with Gasteiger partial charge in [-0.1, -0.05) is 12.1 Å². The summed E-state index contributed by atoms with van der Waals surface area (Å²) in [6, 6.07) is 7.04. The molecule has 1 amide bonds. The van der Waals surface area contributed by atoms with Gasteiger partial charge in [0, 0.05) is 26.1 Å². The molecule has 0 spiro atoms. The number of likely N-dealkylation sites (tertiary alicyclic amines) is 1. The third kappa shape index (κ3) is 3.98. The Morgan fingerprint density at radius 1 is 1.25 bits per heavy atom. The summed E-state index contributed by atoms with van der Waals surface area (Å²) in [5.41, 5.74) is 1.33. The highest BCUT2D eigenvalue weighted by Gasteiger charge is 2.26. The maximum atomic E-state index is 12.3. The Hall–Kier alpha value is -2.70. The van der Waals surface area contributed by atoms with Gasteiger partial charge in [0.2, 0.25) is 5.91 Å². The minimum absolute atomic E-state index is 0.144. The first-order valence-corrected chi connectivity index (χ1v) is 8.04. The second kappa shape index (κ2) is 7.25. The van der Waals surface area contributed by atoms with Crippen LogP contribution >= 0.6 is 0 Å². The van der Waals surface area contributed by atoms with E-state index in [0.29, 0.717) is 24.4 Å². The molecular formula is C17H20N4O3. The molecule has 1 aliphatic rings. The zero-order valence-corrected chi connectivity index (χ0v) is 13.3. The van der Waals surface area contributed by atoms with Gasteiger partial charge in [-0.15, -0.1) is 10.2 Å². The van der Waals surface area contributed by atoms with Crippen LogP contribution in [0.15, 0.2) is 36.9 Å². The number of carbonyl (C=O) groups excluding carboxylic acids is 1. The van der Waals surface area contributed by atoms with E-state index in [9.17, 15) is 9.59 Å². The SMILES string of the molecule is O=C(O)c1cccc(C[C@@H]2CCN(C(=O)CCn3cnnc3)C2)c1. The number of hydrogen-bond acceptors (Lipinski definition) is 4. The number of carboxylic acids is 1. The van der Waals surface area contributed by atoms with Gasteiger partial charge < -0.3 is 14.6 Å². The Balaban J connectivity index is 1.50. The number of aromatic nitrogens is 3. The molecule has 1 aromatic carbocycles. The summed E-state index contributed by atoms with van der Waals surface area (Å²) < 4.78 is 1.79. The van der Waals surface area contributed by atoms with Crippen molar-refractivity contribution in [2.75, 3.05) is 13.1 Å². The monoisotopic (exact) mass is 328 g/mol. The average Bonchev–Trinajstić information content (AvgIpc) is 3.24. The topological polar surface area (TPSA) is 88.3 Å². The summed E-state index contributed by atoms with van der Waals surface area (Å²) in [4.78, 5) is 25.2. The number of aromatic carboxylic acids is 1. The summed E-state index contributed by atoms with van der Waals surface area (Å²) in [5.74, 6) is -0.382. The van der Waals surface area contributed by atoms with Crippen molar-refractivity contribution in [3.05, 3.63) is 48.0 Å². The molecule has 24 heavy (non-hydrogen) atoms. The highest BCUT2D eigenvalue weighted by atomic mass is 16.4. The van der Waals surface area contributed by atoms with Gasteiger partial charge in [-0.05, 0) is 36.5 Å². The van der Waals surface area contributed by atoms with Gasteiger partial charge in [-0.3, -0.25) is 4.79 Å². The molecule has 3 rings (SSSR count). The van der Waals surface area contributed by atoms with Crippen LogP contribution in [0.1, 0.15) is 28.8 Å². The average molecular weight is 328 g/mol. The van der Waals surface area contributed by atoms with Gasteiger partial charge in [0.25, 0.3) is 0 Å². The summed E-state index contributed by atoms with van der Waals surface area (Å²) in [6.07, 6.45) is 5.41. The second-order valence-corrected chi connectivity index (χ2v) is 6.15. The normalized spacial score (nSPS) is 17.2. The van der Waals surface area contributed by atoms with E-state index in [0.717, 1.165) is 31.5 Å². The molecule has 1 fully saturated rings. The van der Waals surface area contributed by atoms with Crippen LogP contribution in [0.4, 0.5) is 0 Å². The molecule has 2 heterocycles. The lowest BCUT2D eigenvalue weighted by Gasteiger charge is -2.17. The first-order chi connectivity index (χ1) is 11.6. The van der Waals surface area contributed by atoms with E-state index in [1.54, 1.807) is 35.4 Å². The smallest absolute Gasteiger partial charge is 0.335 e. The summed E-state index contributed by atoms with van der Waals surface area (Å²) in [5, 5.41) is 16.5. The fraction of sp³-hybridized carbons (Fsp3) is 0.412. The molecule has 7 nitrogen and oxygen atoms in total. The van der Waals surface area contributed by atoms with Crippen LogP contribution in [0.3, 0.4) is 0 Å². The van der Waals surface area contributed by atoms with Crippen molar-refractivity contribution >= 4 is 11.9 Å². The zero-order valence-electron chi connectivity index (χ0n) is 13.3. The van der Waals surface area contributed by atoms with Crippen LogP contribution in [0.5, 0.6) is 0 Å². The lowest BCUT2D eigenvalue weighted by Crippen LogP contribution is -2.29. The quantitative estimate of drug-likeness (QED) is 0.867. The maximum absolute atomic E-state index is 12.3. The Bertz CT molecular complexity index is 714. The Kier molecular flexibility index (Phi) is 4.88. The molecule has 0 radical (unpaired) electrons. The molecule has 1 N–H and O–H groups in total. The van der Waals surface area contributed by atoms with E-state index in [4.69, 9.17) is 5.11 Å². The molecule has 1 aliphatic heterocycles.